The molecule has 0 aliphatic heterocycles. The number of aliphatic hydroxyl groups excluding tert-OH is 1. The van der Waals surface area contributed by atoms with Crippen molar-refractivity contribution < 1.29 is 9.59 Å². The van der Waals surface area contributed by atoms with Crippen molar-refractivity contribution >= 4 is 0 Å². The maximum atomic E-state index is 9.34. The molecule has 194 valence electrons. The predicted octanol–water partition coefficient (Wildman–Crippen LogP) is 9.44. The summed E-state index contributed by atoms with van der Waals surface area (Å²) >= 11 is 0. The number of hydrogen-bond donors (Lipinski definition) is 1. The molecule has 0 aromatic heterocycles. The van der Waals surface area contributed by atoms with E-state index in [0.717, 1.165) is 13.0 Å². The lowest BCUT2D eigenvalue weighted by Gasteiger charge is -2.35. The topological polar surface area (TPSA) is 20.2 Å². The summed E-state index contributed by atoms with van der Waals surface area (Å²) in [6, 6.07) is 0. The van der Waals surface area contributed by atoms with Crippen LogP contribution in [0.4, 0.5) is 0 Å². The van der Waals surface area contributed by atoms with Gasteiger partial charge in [0.2, 0.25) is 0 Å². The van der Waals surface area contributed by atoms with Gasteiger partial charge in [0, 0.05) is 13.0 Å². The van der Waals surface area contributed by atoms with E-state index in [2.05, 4.69) is 20.9 Å². The summed E-state index contributed by atoms with van der Waals surface area (Å²) in [7, 11) is 2.45. The smallest absolute Gasteiger partial charge is 0.0806 e. The summed E-state index contributed by atoms with van der Waals surface area (Å²) in [5, 5.41) is 9.34. The van der Waals surface area contributed by atoms with Gasteiger partial charge < -0.3 is 9.59 Å². The molecule has 0 aromatic carbocycles. The molecule has 0 aliphatic rings. The van der Waals surface area contributed by atoms with Crippen molar-refractivity contribution in [2.75, 3.05) is 33.3 Å². The molecule has 1 N–H and O–H groups in total. The second-order valence-corrected chi connectivity index (χ2v) is 10.9. The lowest BCUT2D eigenvalue weighted by Crippen LogP contribution is -2.46. The highest BCUT2D eigenvalue weighted by Gasteiger charge is 2.19. The van der Waals surface area contributed by atoms with E-state index in [1.165, 1.54) is 159 Å². The zero-order chi connectivity index (χ0) is 23.6. The molecule has 0 aliphatic carbocycles. The molecule has 0 aromatic rings. The molecular formula is C30H64NO+. The molecule has 0 heterocycles. The Morgan fingerprint density at radius 2 is 0.625 bits per heavy atom. The first-order valence-electron chi connectivity index (χ1n) is 15.1. The Bertz CT molecular complexity index is 318. The molecule has 0 saturated carbocycles. The van der Waals surface area contributed by atoms with Gasteiger partial charge in [-0.25, -0.2) is 0 Å². The van der Waals surface area contributed by atoms with Crippen LogP contribution in [0.25, 0.3) is 0 Å². The lowest BCUT2D eigenvalue weighted by atomic mass is 10.0. The van der Waals surface area contributed by atoms with Crippen molar-refractivity contribution in [2.24, 2.45) is 0 Å². The summed E-state index contributed by atoms with van der Waals surface area (Å²) in [5.74, 6) is 0. The maximum Gasteiger partial charge on any atom is 0.0806 e. The molecule has 0 unspecified atom stereocenters. The minimum Gasteiger partial charge on any atom is -0.396 e. The van der Waals surface area contributed by atoms with Gasteiger partial charge in [0.15, 0.2) is 0 Å². The van der Waals surface area contributed by atoms with Gasteiger partial charge in [-0.15, -0.1) is 0 Å². The van der Waals surface area contributed by atoms with Crippen LogP contribution in [0.15, 0.2) is 0 Å². The van der Waals surface area contributed by atoms with E-state index in [1.807, 2.05) is 0 Å². The summed E-state index contributed by atoms with van der Waals surface area (Å²) in [6.07, 6.45) is 32.3. The Morgan fingerprint density at radius 1 is 0.375 bits per heavy atom. The minimum absolute atomic E-state index is 0.352. The summed E-state index contributed by atoms with van der Waals surface area (Å²) in [4.78, 5) is 0. The van der Waals surface area contributed by atoms with E-state index in [0.29, 0.717) is 6.61 Å². The number of unbranched alkanes of at least 4 members (excludes halogenated alkanes) is 20. The maximum absolute atomic E-state index is 9.34. The fourth-order valence-corrected chi connectivity index (χ4v) is 5.10. The Kier molecular flexibility index (Phi) is 25.5. The largest absolute Gasteiger partial charge is 0.396 e. The third-order valence-corrected chi connectivity index (χ3v) is 7.46. The molecule has 0 saturated heterocycles. The van der Waals surface area contributed by atoms with Gasteiger partial charge in [-0.1, -0.05) is 129 Å². The lowest BCUT2D eigenvalue weighted by molar-refractivity contribution is -0.910. The molecule has 0 rings (SSSR count). The van der Waals surface area contributed by atoms with E-state index < -0.39 is 0 Å². The van der Waals surface area contributed by atoms with Gasteiger partial charge in [-0.2, -0.15) is 0 Å². The van der Waals surface area contributed by atoms with E-state index in [1.54, 1.807) is 0 Å². The molecule has 0 radical (unpaired) electrons. The van der Waals surface area contributed by atoms with Gasteiger partial charge in [0.1, 0.15) is 0 Å². The van der Waals surface area contributed by atoms with E-state index >= 15 is 0 Å². The third-order valence-electron chi connectivity index (χ3n) is 7.46. The van der Waals surface area contributed by atoms with Crippen molar-refractivity contribution in [3.63, 3.8) is 0 Å². The average molecular weight is 455 g/mol. The Morgan fingerprint density at radius 3 is 0.906 bits per heavy atom. The fourth-order valence-electron chi connectivity index (χ4n) is 5.10. The first-order chi connectivity index (χ1) is 15.7. The third kappa shape index (κ3) is 23.1. The number of nitrogens with zero attached hydrogens (tertiary/aromatic N) is 1. The Hall–Kier alpha value is -0.0800. The monoisotopic (exact) mass is 454 g/mol. The molecule has 2 heteroatoms. The van der Waals surface area contributed by atoms with Crippen molar-refractivity contribution in [1.29, 1.82) is 0 Å². The highest BCUT2D eigenvalue weighted by molar-refractivity contribution is 4.52. The van der Waals surface area contributed by atoms with Crippen molar-refractivity contribution in [3.8, 4) is 0 Å². The van der Waals surface area contributed by atoms with Crippen molar-refractivity contribution in [3.05, 3.63) is 0 Å². The van der Waals surface area contributed by atoms with Crippen molar-refractivity contribution in [1.82, 2.24) is 0 Å². The van der Waals surface area contributed by atoms with Crippen LogP contribution in [0, 0.1) is 0 Å². The van der Waals surface area contributed by atoms with Gasteiger partial charge in [-0.3, -0.25) is 0 Å². The second kappa shape index (κ2) is 25.5. The zero-order valence-corrected chi connectivity index (χ0v) is 23.0. The van der Waals surface area contributed by atoms with Crippen LogP contribution in [0.2, 0.25) is 0 Å². The number of hydrogen-bond acceptors (Lipinski definition) is 1. The predicted molar refractivity (Wildman–Crippen MR) is 145 cm³/mol. The van der Waals surface area contributed by atoms with E-state index in [4.69, 9.17) is 0 Å². The van der Waals surface area contributed by atoms with Crippen LogP contribution in [-0.2, 0) is 0 Å². The van der Waals surface area contributed by atoms with Crippen LogP contribution in [-0.4, -0.2) is 42.9 Å². The summed E-state index contributed by atoms with van der Waals surface area (Å²) < 4.78 is 1.19. The minimum atomic E-state index is 0.352. The summed E-state index contributed by atoms with van der Waals surface area (Å²) in [5.41, 5.74) is 0. The Labute approximate surface area is 204 Å². The highest BCUT2D eigenvalue weighted by atomic mass is 16.3. The number of quaternary nitrogens is 1. The first kappa shape index (κ1) is 31.9. The number of aliphatic hydroxyl groups is 1. The normalized spacial score (nSPS) is 12.0. The van der Waals surface area contributed by atoms with Crippen LogP contribution in [0.3, 0.4) is 0 Å². The van der Waals surface area contributed by atoms with Crippen LogP contribution >= 0.6 is 0 Å². The highest BCUT2D eigenvalue weighted by Crippen LogP contribution is 2.16. The molecule has 0 spiro atoms. The van der Waals surface area contributed by atoms with Crippen LogP contribution < -0.4 is 0 Å². The van der Waals surface area contributed by atoms with E-state index in [-0.39, 0.29) is 0 Å². The number of rotatable bonds is 27. The molecule has 2 nitrogen and oxygen atoms in total. The van der Waals surface area contributed by atoms with Crippen LogP contribution in [0.5, 0.6) is 0 Å². The molecule has 0 amide bonds. The van der Waals surface area contributed by atoms with Gasteiger partial charge in [0.25, 0.3) is 0 Å². The fraction of sp³-hybridized carbons (Fsp3) is 1.00. The quantitative estimate of drug-likeness (QED) is 0.0967. The first-order valence-corrected chi connectivity index (χ1v) is 15.1. The molecule has 0 fully saturated rings. The molecular weight excluding hydrogens is 390 g/mol. The molecule has 0 atom stereocenters. The molecule has 0 bridgehead atoms. The van der Waals surface area contributed by atoms with Gasteiger partial charge >= 0.3 is 0 Å². The van der Waals surface area contributed by atoms with Crippen molar-refractivity contribution in [2.45, 2.75) is 162 Å². The van der Waals surface area contributed by atoms with E-state index in [9.17, 15) is 5.11 Å². The van der Waals surface area contributed by atoms with Gasteiger partial charge in [-0.05, 0) is 25.7 Å². The standard InChI is InChI=1S/C30H64NO/c1-4-6-8-10-12-14-16-18-20-22-24-27-31(3,29-26-30-32)28-25-23-21-19-17-15-13-11-9-7-5-2/h32H,4-30H2,1-3H3/q+1. The molecule has 32 heavy (non-hydrogen) atoms. The van der Waals surface area contributed by atoms with Crippen LogP contribution in [0.1, 0.15) is 162 Å². The van der Waals surface area contributed by atoms with Gasteiger partial charge in [0.05, 0.1) is 26.7 Å². The zero-order valence-electron chi connectivity index (χ0n) is 23.0. The summed E-state index contributed by atoms with van der Waals surface area (Å²) in [6.45, 7) is 8.73. The Balaban J connectivity index is 3.69. The second-order valence-electron chi connectivity index (χ2n) is 10.9. The average Bonchev–Trinajstić information content (AvgIpc) is 2.80. The SMILES string of the molecule is CCCCCCCCCCCCC[N+](C)(CCCO)CCCCCCCCCCCCC.